The van der Waals surface area contributed by atoms with Crippen molar-refractivity contribution in [3.05, 3.63) is 86.2 Å². The van der Waals surface area contributed by atoms with E-state index in [1.807, 2.05) is 24.3 Å². The molecular weight excluding hydrogens is 380 g/mol. The smallest absolute Gasteiger partial charge is 0.275 e. The largest absolute Gasteiger partial charge is 0.294 e. The highest BCUT2D eigenvalue weighted by Gasteiger charge is 2.12. The summed E-state index contributed by atoms with van der Waals surface area (Å²) in [5.41, 5.74) is 4.28. The average Bonchev–Trinajstić information content (AvgIpc) is 2.62. The van der Waals surface area contributed by atoms with Gasteiger partial charge in [0.05, 0.1) is 5.56 Å². The van der Waals surface area contributed by atoms with E-state index < -0.39 is 5.56 Å². The molecule has 0 amide bonds. The summed E-state index contributed by atoms with van der Waals surface area (Å²) < 4.78 is 1.04. The maximum absolute atomic E-state index is 12.3. The Kier molecular flexibility index (Phi) is 5.24. The summed E-state index contributed by atoms with van der Waals surface area (Å²) in [6.07, 6.45) is 2.31. The van der Waals surface area contributed by atoms with Crippen molar-refractivity contribution in [2.75, 3.05) is 0 Å². The Morgan fingerprint density at radius 1 is 1.12 bits per heavy atom. The first kappa shape index (κ1) is 17.3. The number of rotatable bonds is 5. The molecule has 4 nitrogen and oxygen atoms in total. The molecule has 0 unspecified atom stereocenters. The second kappa shape index (κ2) is 7.57. The average molecular weight is 397 g/mol. The van der Waals surface area contributed by atoms with Crippen LogP contribution in [-0.4, -0.2) is 16.0 Å². The molecule has 0 bridgehead atoms. The second-order valence-electron chi connectivity index (χ2n) is 5.82. The van der Waals surface area contributed by atoms with Gasteiger partial charge in [0.25, 0.3) is 5.56 Å². The van der Waals surface area contributed by atoms with Crippen molar-refractivity contribution in [1.29, 1.82) is 0 Å². The maximum atomic E-state index is 12.3. The van der Waals surface area contributed by atoms with Crippen LogP contribution in [0.1, 0.15) is 27.9 Å². The number of carbonyl (C=O) groups is 1. The Labute approximate surface area is 154 Å². The summed E-state index contributed by atoms with van der Waals surface area (Å²) in [6.45, 7) is 2.07. The molecule has 0 atom stereocenters. The van der Waals surface area contributed by atoms with Gasteiger partial charge in [0.1, 0.15) is 0 Å². The molecule has 0 saturated heterocycles. The Morgan fingerprint density at radius 3 is 2.60 bits per heavy atom. The van der Waals surface area contributed by atoms with E-state index >= 15 is 0 Å². The van der Waals surface area contributed by atoms with Crippen molar-refractivity contribution in [2.24, 2.45) is 0 Å². The first-order valence-electron chi connectivity index (χ1n) is 7.97. The zero-order valence-corrected chi connectivity index (χ0v) is 15.3. The van der Waals surface area contributed by atoms with Gasteiger partial charge in [-0.3, -0.25) is 9.59 Å². The van der Waals surface area contributed by atoms with Crippen LogP contribution in [0.2, 0.25) is 0 Å². The number of carbonyl (C=O) groups excluding carboxylic acids is 1. The summed E-state index contributed by atoms with van der Waals surface area (Å²) >= 11 is 3.45. The topological polar surface area (TPSA) is 62.8 Å². The minimum absolute atomic E-state index is 0.164. The van der Waals surface area contributed by atoms with Gasteiger partial charge in [-0.15, -0.1) is 0 Å². The zero-order valence-electron chi connectivity index (χ0n) is 13.8. The van der Waals surface area contributed by atoms with E-state index in [2.05, 4.69) is 51.3 Å². The number of H-pyrrole nitrogens is 1. The summed E-state index contributed by atoms with van der Waals surface area (Å²) in [5, 5.41) is 5.91. The van der Waals surface area contributed by atoms with Gasteiger partial charge in [-0.25, -0.2) is 5.10 Å². The minimum atomic E-state index is -0.437. The summed E-state index contributed by atoms with van der Waals surface area (Å²) in [7, 11) is 0. The highest BCUT2D eigenvalue weighted by molar-refractivity contribution is 9.10. The van der Waals surface area contributed by atoms with E-state index in [9.17, 15) is 9.59 Å². The molecule has 5 heteroatoms. The summed E-state index contributed by atoms with van der Waals surface area (Å²) in [6, 6.07) is 15.7. The van der Waals surface area contributed by atoms with Crippen molar-refractivity contribution in [1.82, 2.24) is 10.2 Å². The molecule has 0 saturated carbocycles. The van der Waals surface area contributed by atoms with Crippen molar-refractivity contribution >= 4 is 21.7 Å². The van der Waals surface area contributed by atoms with Crippen LogP contribution in [0.25, 0.3) is 11.1 Å². The summed E-state index contributed by atoms with van der Waals surface area (Å²) in [4.78, 5) is 24.0. The fourth-order valence-electron chi connectivity index (χ4n) is 2.84. The van der Waals surface area contributed by atoms with E-state index in [1.54, 1.807) is 0 Å². The third kappa shape index (κ3) is 3.94. The lowest BCUT2D eigenvalue weighted by molar-refractivity contribution is 0.0981. The van der Waals surface area contributed by atoms with Crippen LogP contribution in [0, 0.1) is 6.92 Å². The molecule has 2 aromatic carbocycles. The molecular formula is C20H17BrN2O2. The number of aryl methyl sites for hydroxylation is 1. The molecule has 0 aliphatic rings. The monoisotopic (exact) mass is 396 g/mol. The number of benzene rings is 2. The van der Waals surface area contributed by atoms with Gasteiger partial charge in [0.15, 0.2) is 5.78 Å². The highest BCUT2D eigenvalue weighted by atomic mass is 79.9. The van der Waals surface area contributed by atoms with Crippen LogP contribution < -0.4 is 5.56 Å². The van der Waals surface area contributed by atoms with Crippen LogP contribution in [0.4, 0.5) is 0 Å². The van der Waals surface area contributed by atoms with Gasteiger partial charge in [-0.2, -0.15) is 5.10 Å². The van der Waals surface area contributed by atoms with Crippen molar-refractivity contribution < 1.29 is 4.79 Å². The normalized spacial score (nSPS) is 10.6. The third-order valence-corrected chi connectivity index (χ3v) is 4.78. The van der Waals surface area contributed by atoms with E-state index in [4.69, 9.17) is 0 Å². The standard InChI is InChI=1S/C20H17BrN2O2/c1-13-14(7-10-19(24)18-11-12-22-23-20(18)25)3-2-4-17(13)15-5-8-16(21)9-6-15/h2-6,8-9,11-12H,7,10H2,1H3,(H,23,25). The van der Waals surface area contributed by atoms with E-state index in [0.717, 1.165) is 26.7 Å². The number of nitrogens with zero attached hydrogens (tertiary/aromatic N) is 1. The molecule has 0 radical (unpaired) electrons. The van der Waals surface area contributed by atoms with Gasteiger partial charge in [0, 0.05) is 17.1 Å². The van der Waals surface area contributed by atoms with Crippen molar-refractivity contribution in [3.8, 4) is 11.1 Å². The minimum Gasteiger partial charge on any atom is -0.294 e. The molecule has 126 valence electrons. The molecule has 0 aliphatic heterocycles. The highest BCUT2D eigenvalue weighted by Crippen LogP contribution is 2.27. The first-order chi connectivity index (χ1) is 12.1. The van der Waals surface area contributed by atoms with Gasteiger partial charge >= 0.3 is 0 Å². The number of halogens is 1. The van der Waals surface area contributed by atoms with Crippen LogP contribution in [-0.2, 0) is 6.42 Å². The molecule has 1 N–H and O–H groups in total. The molecule has 25 heavy (non-hydrogen) atoms. The lowest BCUT2D eigenvalue weighted by Crippen LogP contribution is -2.18. The predicted octanol–water partition coefficient (Wildman–Crippen LogP) is 4.32. The van der Waals surface area contributed by atoms with Crippen LogP contribution in [0.5, 0.6) is 0 Å². The number of hydrogen-bond donors (Lipinski definition) is 1. The Balaban J connectivity index is 1.81. The quantitative estimate of drug-likeness (QED) is 0.653. The zero-order chi connectivity index (χ0) is 17.8. The Morgan fingerprint density at radius 2 is 1.88 bits per heavy atom. The van der Waals surface area contributed by atoms with E-state index in [-0.39, 0.29) is 17.8 Å². The van der Waals surface area contributed by atoms with Crippen LogP contribution in [0.3, 0.4) is 0 Å². The predicted molar refractivity (Wildman–Crippen MR) is 102 cm³/mol. The van der Waals surface area contributed by atoms with E-state index in [1.165, 1.54) is 12.3 Å². The number of aromatic nitrogens is 2. The summed E-state index contributed by atoms with van der Waals surface area (Å²) in [5.74, 6) is -0.169. The van der Waals surface area contributed by atoms with Gasteiger partial charge in [-0.05, 0) is 53.8 Å². The lowest BCUT2D eigenvalue weighted by Gasteiger charge is -2.11. The van der Waals surface area contributed by atoms with Gasteiger partial charge in [0.2, 0.25) is 0 Å². The van der Waals surface area contributed by atoms with E-state index in [0.29, 0.717) is 6.42 Å². The van der Waals surface area contributed by atoms with Gasteiger partial charge in [-0.1, -0.05) is 46.3 Å². The fraction of sp³-hybridized carbons (Fsp3) is 0.150. The van der Waals surface area contributed by atoms with Crippen molar-refractivity contribution in [2.45, 2.75) is 19.8 Å². The maximum Gasteiger partial charge on any atom is 0.275 e. The van der Waals surface area contributed by atoms with Crippen LogP contribution >= 0.6 is 15.9 Å². The third-order valence-electron chi connectivity index (χ3n) is 4.25. The molecule has 0 aliphatic carbocycles. The molecule has 3 rings (SSSR count). The second-order valence-corrected chi connectivity index (χ2v) is 6.73. The molecule has 1 aromatic heterocycles. The number of aromatic amines is 1. The number of ketones is 1. The fourth-order valence-corrected chi connectivity index (χ4v) is 3.11. The van der Waals surface area contributed by atoms with Crippen molar-refractivity contribution in [3.63, 3.8) is 0 Å². The molecule has 0 spiro atoms. The first-order valence-corrected chi connectivity index (χ1v) is 8.77. The van der Waals surface area contributed by atoms with Crippen LogP contribution in [0.15, 0.2) is 64.0 Å². The number of Topliss-reactive ketones (excluding diaryl/α,β-unsaturated/α-hetero) is 1. The number of nitrogens with one attached hydrogen (secondary N) is 1. The molecule has 3 aromatic rings. The lowest BCUT2D eigenvalue weighted by atomic mass is 9.93. The molecule has 0 fully saturated rings. The Hall–Kier alpha value is -2.53. The Bertz CT molecular complexity index is 962. The number of hydrogen-bond acceptors (Lipinski definition) is 3. The molecule has 1 heterocycles. The van der Waals surface area contributed by atoms with Gasteiger partial charge < -0.3 is 0 Å². The SMILES string of the molecule is Cc1c(CCC(=O)c2ccn[nH]c2=O)cccc1-c1ccc(Br)cc1.